The van der Waals surface area contributed by atoms with Crippen LogP contribution in [-0.4, -0.2) is 17.3 Å². The minimum absolute atomic E-state index is 0.0385. The van der Waals surface area contributed by atoms with E-state index in [1.54, 1.807) is 13.8 Å². The molecule has 0 aliphatic heterocycles. The second-order valence-corrected chi connectivity index (χ2v) is 3.48. The van der Waals surface area contributed by atoms with Crippen LogP contribution in [0, 0.1) is 11.8 Å². The highest BCUT2D eigenvalue weighted by Gasteiger charge is 2.35. The summed E-state index contributed by atoms with van der Waals surface area (Å²) in [6, 6.07) is 0. The van der Waals surface area contributed by atoms with Crippen LogP contribution in [0.15, 0.2) is 0 Å². The van der Waals surface area contributed by atoms with Crippen molar-refractivity contribution in [2.24, 2.45) is 11.8 Å². The van der Waals surface area contributed by atoms with E-state index in [1.165, 1.54) is 0 Å². The number of carboxylic acids is 1. The molecule has 0 heterocycles. The van der Waals surface area contributed by atoms with E-state index in [9.17, 15) is 18.0 Å². The molecule has 78 valence electrons. The highest BCUT2D eigenvalue weighted by atomic mass is 19.4. The lowest BCUT2D eigenvalue weighted by atomic mass is 9.94. The lowest BCUT2D eigenvalue weighted by Gasteiger charge is -2.16. The number of aliphatic carboxylic acids is 1. The van der Waals surface area contributed by atoms with Crippen LogP contribution in [-0.2, 0) is 4.79 Å². The normalized spacial score (nSPS) is 14.6. The minimum Gasteiger partial charge on any atom is -0.481 e. The lowest BCUT2D eigenvalue weighted by molar-refractivity contribution is -0.164. The molecule has 0 fully saturated rings. The van der Waals surface area contributed by atoms with Gasteiger partial charge in [-0.3, -0.25) is 4.79 Å². The van der Waals surface area contributed by atoms with Crippen molar-refractivity contribution in [2.75, 3.05) is 0 Å². The molecule has 13 heavy (non-hydrogen) atoms. The molecule has 0 bridgehead atoms. The highest BCUT2D eigenvalue weighted by molar-refractivity contribution is 5.70. The number of rotatable bonds is 4. The van der Waals surface area contributed by atoms with Gasteiger partial charge < -0.3 is 5.11 Å². The van der Waals surface area contributed by atoms with Crippen molar-refractivity contribution in [3.63, 3.8) is 0 Å². The standard InChI is InChI=1S/C8H13F3O2/c1-5(2)3-6(7(12)13)4-8(9,10)11/h5-6H,3-4H2,1-2H3,(H,12,13). The van der Waals surface area contributed by atoms with Crippen LogP contribution >= 0.6 is 0 Å². The van der Waals surface area contributed by atoms with Crippen molar-refractivity contribution in [1.29, 1.82) is 0 Å². The molecule has 0 saturated carbocycles. The molecule has 0 saturated heterocycles. The number of alkyl halides is 3. The fourth-order valence-corrected chi connectivity index (χ4v) is 1.12. The van der Waals surface area contributed by atoms with Gasteiger partial charge in [-0.25, -0.2) is 0 Å². The summed E-state index contributed by atoms with van der Waals surface area (Å²) >= 11 is 0. The molecule has 2 nitrogen and oxygen atoms in total. The Morgan fingerprint density at radius 2 is 1.85 bits per heavy atom. The van der Waals surface area contributed by atoms with Crippen LogP contribution in [0.2, 0.25) is 0 Å². The maximum absolute atomic E-state index is 11.9. The zero-order valence-electron chi connectivity index (χ0n) is 7.56. The summed E-state index contributed by atoms with van der Waals surface area (Å²) in [5, 5.41) is 8.49. The van der Waals surface area contributed by atoms with Crippen LogP contribution in [0.1, 0.15) is 26.7 Å². The van der Waals surface area contributed by atoms with Gasteiger partial charge in [-0.05, 0) is 12.3 Å². The molecular formula is C8H13F3O2. The van der Waals surface area contributed by atoms with Gasteiger partial charge in [-0.15, -0.1) is 0 Å². The number of halogens is 3. The molecule has 0 radical (unpaired) electrons. The monoisotopic (exact) mass is 198 g/mol. The second-order valence-electron chi connectivity index (χ2n) is 3.48. The Hall–Kier alpha value is -0.740. The molecule has 0 aliphatic rings. The van der Waals surface area contributed by atoms with Crippen molar-refractivity contribution in [3.05, 3.63) is 0 Å². The van der Waals surface area contributed by atoms with Crippen LogP contribution in [0.25, 0.3) is 0 Å². The van der Waals surface area contributed by atoms with Crippen LogP contribution in [0.4, 0.5) is 13.2 Å². The van der Waals surface area contributed by atoms with E-state index in [2.05, 4.69) is 0 Å². The maximum Gasteiger partial charge on any atom is 0.389 e. The predicted molar refractivity (Wildman–Crippen MR) is 41.3 cm³/mol. The highest BCUT2D eigenvalue weighted by Crippen LogP contribution is 2.28. The van der Waals surface area contributed by atoms with Crippen LogP contribution in [0.3, 0.4) is 0 Å². The second kappa shape index (κ2) is 4.48. The molecule has 1 atom stereocenters. The van der Waals surface area contributed by atoms with Crippen LogP contribution in [0.5, 0.6) is 0 Å². The summed E-state index contributed by atoms with van der Waals surface area (Å²) in [6.45, 7) is 3.40. The first-order valence-electron chi connectivity index (χ1n) is 4.02. The Kier molecular flexibility index (Phi) is 4.23. The molecule has 0 aromatic rings. The molecule has 0 aromatic heterocycles. The molecule has 0 spiro atoms. The van der Waals surface area contributed by atoms with E-state index in [0.717, 1.165) is 0 Å². The molecular weight excluding hydrogens is 185 g/mol. The first-order valence-corrected chi connectivity index (χ1v) is 4.02. The number of carbonyl (C=O) groups is 1. The number of hydrogen-bond donors (Lipinski definition) is 1. The molecule has 0 rings (SSSR count). The van der Waals surface area contributed by atoms with E-state index < -0.39 is 24.5 Å². The van der Waals surface area contributed by atoms with Gasteiger partial charge in [-0.1, -0.05) is 13.8 Å². The van der Waals surface area contributed by atoms with Gasteiger partial charge in [0.25, 0.3) is 0 Å². The van der Waals surface area contributed by atoms with Crippen molar-refractivity contribution < 1.29 is 23.1 Å². The molecule has 0 aromatic carbocycles. The first kappa shape index (κ1) is 12.3. The van der Waals surface area contributed by atoms with E-state index in [4.69, 9.17) is 5.11 Å². The Morgan fingerprint density at radius 1 is 1.38 bits per heavy atom. The van der Waals surface area contributed by atoms with E-state index in [1.807, 2.05) is 0 Å². The van der Waals surface area contributed by atoms with Crippen molar-refractivity contribution >= 4 is 5.97 Å². The third kappa shape index (κ3) is 6.42. The third-order valence-electron chi connectivity index (χ3n) is 1.58. The van der Waals surface area contributed by atoms with Gasteiger partial charge in [0.1, 0.15) is 0 Å². The van der Waals surface area contributed by atoms with E-state index >= 15 is 0 Å². The van der Waals surface area contributed by atoms with Gasteiger partial charge in [0, 0.05) is 0 Å². The third-order valence-corrected chi connectivity index (χ3v) is 1.58. The minimum atomic E-state index is -4.39. The smallest absolute Gasteiger partial charge is 0.389 e. The zero-order chi connectivity index (χ0) is 10.6. The summed E-state index contributed by atoms with van der Waals surface area (Å²) in [5.74, 6) is -2.71. The van der Waals surface area contributed by atoms with Crippen molar-refractivity contribution in [3.8, 4) is 0 Å². The molecule has 0 amide bonds. The Morgan fingerprint density at radius 3 is 2.08 bits per heavy atom. The quantitative estimate of drug-likeness (QED) is 0.754. The summed E-state index contributed by atoms with van der Waals surface area (Å²) in [7, 11) is 0. The first-order chi connectivity index (χ1) is 5.72. The fourth-order valence-electron chi connectivity index (χ4n) is 1.12. The van der Waals surface area contributed by atoms with Gasteiger partial charge in [0.05, 0.1) is 12.3 Å². The molecule has 1 unspecified atom stereocenters. The van der Waals surface area contributed by atoms with Gasteiger partial charge >= 0.3 is 12.1 Å². The van der Waals surface area contributed by atoms with Gasteiger partial charge in [0.15, 0.2) is 0 Å². The van der Waals surface area contributed by atoms with E-state index in [0.29, 0.717) is 0 Å². The van der Waals surface area contributed by atoms with Gasteiger partial charge in [-0.2, -0.15) is 13.2 Å². The SMILES string of the molecule is CC(C)CC(CC(F)(F)F)C(=O)O. The van der Waals surface area contributed by atoms with Crippen molar-refractivity contribution in [2.45, 2.75) is 32.9 Å². The summed E-state index contributed by atoms with van der Waals surface area (Å²) in [6.07, 6.45) is -5.56. The Labute approximate surface area is 74.7 Å². The molecule has 1 N–H and O–H groups in total. The van der Waals surface area contributed by atoms with Crippen LogP contribution < -0.4 is 0 Å². The molecule has 5 heteroatoms. The van der Waals surface area contributed by atoms with E-state index in [-0.39, 0.29) is 12.3 Å². The summed E-state index contributed by atoms with van der Waals surface area (Å²) in [4.78, 5) is 10.4. The average Bonchev–Trinajstić information content (AvgIpc) is 1.81. The number of hydrogen-bond acceptors (Lipinski definition) is 1. The maximum atomic E-state index is 11.9. The Balaban J connectivity index is 4.19. The predicted octanol–water partition coefficient (Wildman–Crippen LogP) is 2.69. The van der Waals surface area contributed by atoms with Crippen molar-refractivity contribution in [1.82, 2.24) is 0 Å². The largest absolute Gasteiger partial charge is 0.481 e. The topological polar surface area (TPSA) is 37.3 Å². The van der Waals surface area contributed by atoms with Gasteiger partial charge in [0.2, 0.25) is 0 Å². The lowest BCUT2D eigenvalue weighted by Crippen LogP contribution is -2.23. The summed E-state index contributed by atoms with van der Waals surface area (Å²) < 4.78 is 35.6. The number of carboxylic acid groups (broad SMARTS) is 1. The zero-order valence-corrected chi connectivity index (χ0v) is 7.56. The molecule has 0 aliphatic carbocycles. The fraction of sp³-hybridized carbons (Fsp3) is 0.875. The Bertz CT molecular complexity index is 175. The average molecular weight is 198 g/mol. The summed E-state index contributed by atoms with van der Waals surface area (Å²) in [5.41, 5.74) is 0.